The van der Waals surface area contributed by atoms with E-state index in [1.54, 1.807) is 6.20 Å². The molecule has 1 aromatic heterocycles. The lowest BCUT2D eigenvalue weighted by molar-refractivity contribution is 0.866. The van der Waals surface area contributed by atoms with Crippen molar-refractivity contribution in [2.75, 3.05) is 0 Å². The van der Waals surface area contributed by atoms with Crippen molar-refractivity contribution >= 4 is 33.0 Å². The van der Waals surface area contributed by atoms with Crippen molar-refractivity contribution in [2.45, 2.75) is 20.4 Å². The van der Waals surface area contributed by atoms with Crippen molar-refractivity contribution in [1.29, 1.82) is 0 Å². The van der Waals surface area contributed by atoms with Gasteiger partial charge in [-0.15, -0.1) is 0 Å². The van der Waals surface area contributed by atoms with Crippen LogP contribution in [0.5, 0.6) is 0 Å². The molecule has 1 heterocycles. The van der Waals surface area contributed by atoms with Crippen LogP contribution in [0.2, 0.25) is 0 Å². The minimum Gasteiger partial charge on any atom is -0.404 e. The summed E-state index contributed by atoms with van der Waals surface area (Å²) in [7, 11) is 0. The van der Waals surface area contributed by atoms with Crippen LogP contribution in [0, 0.1) is 6.92 Å². The molecule has 5 rings (SSSR count). The number of rotatable bonds is 3. The fourth-order valence-electron chi connectivity index (χ4n) is 4.73. The number of hydrogen-bond donors (Lipinski definition) is 2. The van der Waals surface area contributed by atoms with Gasteiger partial charge in [0.1, 0.15) is 0 Å². The number of para-hydroxylation sites is 1. The van der Waals surface area contributed by atoms with E-state index in [2.05, 4.69) is 78.2 Å². The van der Waals surface area contributed by atoms with Gasteiger partial charge in [-0.05, 0) is 48.7 Å². The maximum absolute atomic E-state index is 6.48. The van der Waals surface area contributed by atoms with Crippen molar-refractivity contribution in [3.63, 3.8) is 0 Å². The first-order valence-electron chi connectivity index (χ1n) is 10.3. The molecule has 4 N–H and O–H groups in total. The third kappa shape index (κ3) is 2.59. The van der Waals surface area contributed by atoms with Crippen LogP contribution in [-0.2, 0) is 6.54 Å². The van der Waals surface area contributed by atoms with Crippen molar-refractivity contribution in [2.24, 2.45) is 11.5 Å². The highest BCUT2D eigenvalue weighted by atomic mass is 15.0. The average Bonchev–Trinajstić information content (AvgIpc) is 3.21. The van der Waals surface area contributed by atoms with Gasteiger partial charge in [0.2, 0.25) is 0 Å². The van der Waals surface area contributed by atoms with Gasteiger partial charge >= 0.3 is 0 Å². The summed E-state index contributed by atoms with van der Waals surface area (Å²) in [5, 5.41) is 2.57. The number of aryl methyl sites for hydroxylation is 1. The molecule has 0 saturated heterocycles. The van der Waals surface area contributed by atoms with Gasteiger partial charge in [0.15, 0.2) is 0 Å². The highest BCUT2D eigenvalue weighted by Crippen LogP contribution is 2.42. The molecule has 0 radical (unpaired) electrons. The first-order valence-corrected chi connectivity index (χ1v) is 10.3. The van der Waals surface area contributed by atoms with E-state index in [9.17, 15) is 0 Å². The molecule has 0 aliphatic heterocycles. The molecule has 30 heavy (non-hydrogen) atoms. The Bertz CT molecular complexity index is 1400. The van der Waals surface area contributed by atoms with Gasteiger partial charge in [0.25, 0.3) is 0 Å². The van der Waals surface area contributed by atoms with Crippen LogP contribution >= 0.6 is 0 Å². The minimum absolute atomic E-state index is 0.746. The van der Waals surface area contributed by atoms with Crippen LogP contribution < -0.4 is 11.5 Å². The summed E-state index contributed by atoms with van der Waals surface area (Å²) in [6.07, 6.45) is 5.73. The molecule has 0 spiro atoms. The quantitative estimate of drug-likeness (QED) is 0.470. The zero-order chi connectivity index (χ0) is 20.8. The van der Waals surface area contributed by atoms with Crippen LogP contribution in [0.4, 0.5) is 0 Å². The predicted octanol–water partition coefficient (Wildman–Crippen LogP) is 5.71. The second-order valence-electron chi connectivity index (χ2n) is 7.87. The Balaban J connectivity index is 1.74. The van der Waals surface area contributed by atoms with E-state index < -0.39 is 0 Å². The lowest BCUT2D eigenvalue weighted by Crippen LogP contribution is -2.05. The highest BCUT2D eigenvalue weighted by Gasteiger charge is 2.26. The van der Waals surface area contributed by atoms with E-state index in [4.69, 9.17) is 11.5 Å². The lowest BCUT2D eigenvalue weighted by atomic mass is 9.97. The molecular weight excluding hydrogens is 366 g/mol. The molecule has 3 nitrogen and oxygen atoms in total. The second kappa shape index (κ2) is 6.96. The van der Waals surface area contributed by atoms with Gasteiger partial charge in [-0.2, -0.15) is 0 Å². The molecular formula is C27H25N3. The van der Waals surface area contributed by atoms with Gasteiger partial charge in [-0.1, -0.05) is 60.2 Å². The fourth-order valence-corrected chi connectivity index (χ4v) is 4.73. The van der Waals surface area contributed by atoms with Crippen LogP contribution in [-0.4, -0.2) is 4.57 Å². The number of hydrogen-bond acceptors (Lipinski definition) is 2. The SMILES string of the molecule is C/C=C\C1=C(N)C(=C/N)/c2c(Cn3c4ccccc4c4cc(C)ccc43)cccc21. The van der Waals surface area contributed by atoms with Gasteiger partial charge in [0.05, 0.1) is 0 Å². The van der Waals surface area contributed by atoms with Gasteiger partial charge < -0.3 is 16.0 Å². The Hall–Kier alpha value is -3.72. The number of fused-ring (bicyclic) bond motifs is 4. The van der Waals surface area contributed by atoms with E-state index in [-0.39, 0.29) is 0 Å². The maximum Gasteiger partial charge on any atom is 0.0494 e. The molecule has 1 aliphatic carbocycles. The molecule has 3 heteroatoms. The van der Waals surface area contributed by atoms with Crippen LogP contribution in [0.1, 0.15) is 29.2 Å². The molecule has 0 amide bonds. The third-order valence-corrected chi connectivity index (χ3v) is 6.05. The number of aromatic nitrogens is 1. The van der Waals surface area contributed by atoms with Crippen molar-refractivity contribution in [3.8, 4) is 0 Å². The summed E-state index contributed by atoms with van der Waals surface area (Å²) >= 11 is 0. The Morgan fingerprint density at radius 3 is 2.53 bits per heavy atom. The molecule has 148 valence electrons. The van der Waals surface area contributed by atoms with Gasteiger partial charge in [0, 0.05) is 51.4 Å². The summed E-state index contributed by atoms with van der Waals surface area (Å²) in [5.74, 6) is 0. The average molecular weight is 392 g/mol. The van der Waals surface area contributed by atoms with Crippen LogP contribution in [0.3, 0.4) is 0 Å². The summed E-state index contributed by atoms with van der Waals surface area (Å²) in [6, 6.07) is 21.7. The second-order valence-corrected chi connectivity index (χ2v) is 7.87. The monoisotopic (exact) mass is 391 g/mol. The molecule has 3 aromatic carbocycles. The molecule has 0 bridgehead atoms. The zero-order valence-electron chi connectivity index (χ0n) is 17.3. The highest BCUT2D eigenvalue weighted by molar-refractivity contribution is 6.08. The first-order chi connectivity index (χ1) is 14.6. The molecule has 0 fully saturated rings. The van der Waals surface area contributed by atoms with E-state index >= 15 is 0 Å². The standard InChI is InChI=1S/C27H25N3/c1-3-7-21-20-10-6-8-18(26(20)23(15-28)27(21)29)16-30-24-11-5-4-9-19(24)22-14-17(2)12-13-25(22)30/h3-15H,16,28-29H2,1-2H3/b7-3-,23-15+. The third-order valence-electron chi connectivity index (χ3n) is 6.05. The van der Waals surface area contributed by atoms with Crippen molar-refractivity contribution in [3.05, 3.63) is 107 Å². The molecule has 1 aliphatic rings. The van der Waals surface area contributed by atoms with E-state index in [0.717, 1.165) is 34.5 Å². The topological polar surface area (TPSA) is 57.0 Å². The van der Waals surface area contributed by atoms with Crippen molar-refractivity contribution in [1.82, 2.24) is 4.57 Å². The fraction of sp³-hybridized carbons (Fsp3) is 0.111. The minimum atomic E-state index is 0.746. The van der Waals surface area contributed by atoms with E-state index in [0.29, 0.717) is 0 Å². The van der Waals surface area contributed by atoms with Crippen LogP contribution in [0.15, 0.2) is 84.7 Å². The number of nitrogens with two attached hydrogens (primary N) is 2. The van der Waals surface area contributed by atoms with E-state index in [1.165, 1.54) is 32.9 Å². The van der Waals surface area contributed by atoms with Crippen molar-refractivity contribution < 1.29 is 0 Å². The summed E-state index contributed by atoms with van der Waals surface area (Å²) in [5.41, 5.74) is 22.5. The summed E-state index contributed by atoms with van der Waals surface area (Å²) < 4.78 is 2.40. The number of allylic oxidation sites excluding steroid dienone is 4. The maximum atomic E-state index is 6.48. The molecule has 4 aromatic rings. The Labute approximate surface area is 176 Å². The van der Waals surface area contributed by atoms with Gasteiger partial charge in [-0.25, -0.2) is 0 Å². The lowest BCUT2D eigenvalue weighted by Gasteiger charge is -2.14. The molecule has 0 unspecified atom stereocenters. The van der Waals surface area contributed by atoms with E-state index in [1.807, 2.05) is 13.0 Å². The number of benzene rings is 3. The number of nitrogens with zero attached hydrogens (tertiary/aromatic N) is 1. The Kier molecular flexibility index (Phi) is 4.25. The zero-order valence-corrected chi connectivity index (χ0v) is 17.3. The predicted molar refractivity (Wildman–Crippen MR) is 128 cm³/mol. The normalized spacial score (nSPS) is 15.2. The smallest absolute Gasteiger partial charge is 0.0494 e. The van der Waals surface area contributed by atoms with Gasteiger partial charge in [-0.3, -0.25) is 0 Å². The largest absolute Gasteiger partial charge is 0.404 e. The van der Waals surface area contributed by atoms with Crippen LogP contribution in [0.25, 0.3) is 33.0 Å². The summed E-state index contributed by atoms with van der Waals surface area (Å²) in [6.45, 7) is 4.91. The Morgan fingerprint density at radius 2 is 1.73 bits per heavy atom. The molecule has 0 saturated carbocycles. The first kappa shape index (κ1) is 18.3. The summed E-state index contributed by atoms with van der Waals surface area (Å²) in [4.78, 5) is 0. The molecule has 0 atom stereocenters. The Morgan fingerprint density at radius 1 is 0.933 bits per heavy atom.